The number of ether oxygens (including phenoxy) is 1. The van der Waals surface area contributed by atoms with Gasteiger partial charge in [0, 0.05) is 10.6 Å². The molecule has 2 N–H and O–H groups in total. The Hall–Kier alpha value is -3.58. The van der Waals surface area contributed by atoms with Gasteiger partial charge in [-0.1, -0.05) is 36.4 Å². The number of nitrogens with one attached hydrogen (secondary N) is 2. The van der Waals surface area contributed by atoms with Crippen molar-refractivity contribution < 1.29 is 14.3 Å². The molecule has 0 fully saturated rings. The maximum absolute atomic E-state index is 11.9. The molecule has 3 aromatic carbocycles. The van der Waals surface area contributed by atoms with Gasteiger partial charge in [-0.2, -0.15) is 5.10 Å². The summed E-state index contributed by atoms with van der Waals surface area (Å²) in [5, 5.41) is 6.72. The number of rotatable bonds is 9. The molecule has 0 saturated carbocycles. The van der Waals surface area contributed by atoms with Gasteiger partial charge in [0.05, 0.1) is 12.0 Å². The number of para-hydroxylation sites is 1. The standard InChI is InChI=1S/C23H21N3O3S/c27-22(25-19-7-3-1-4-8-19)16-29-20-13-11-18(12-14-20)15-24-26-23(28)17-30-21-9-5-2-6-10-21/h1-15H,16-17H2,(H,25,27)(H,26,28). The van der Waals surface area contributed by atoms with Crippen molar-refractivity contribution in [3.05, 3.63) is 90.5 Å². The molecule has 3 aromatic rings. The van der Waals surface area contributed by atoms with E-state index < -0.39 is 0 Å². The Morgan fingerprint density at radius 2 is 1.53 bits per heavy atom. The highest BCUT2D eigenvalue weighted by molar-refractivity contribution is 8.00. The molecule has 0 aliphatic heterocycles. The first-order valence-electron chi connectivity index (χ1n) is 9.26. The highest BCUT2D eigenvalue weighted by Crippen LogP contribution is 2.16. The van der Waals surface area contributed by atoms with Crippen LogP contribution in [-0.2, 0) is 9.59 Å². The topological polar surface area (TPSA) is 79.8 Å². The molecule has 0 spiro atoms. The van der Waals surface area contributed by atoms with E-state index in [9.17, 15) is 9.59 Å². The van der Waals surface area contributed by atoms with Gasteiger partial charge in [-0.05, 0) is 54.1 Å². The molecule has 6 nitrogen and oxygen atoms in total. The van der Waals surface area contributed by atoms with Crippen LogP contribution in [0.1, 0.15) is 5.56 Å². The van der Waals surface area contributed by atoms with E-state index in [0.717, 1.165) is 16.1 Å². The quantitative estimate of drug-likeness (QED) is 0.313. The fourth-order valence-electron chi connectivity index (χ4n) is 2.39. The molecule has 0 bridgehead atoms. The summed E-state index contributed by atoms with van der Waals surface area (Å²) in [7, 11) is 0. The Morgan fingerprint density at radius 3 is 2.23 bits per heavy atom. The minimum Gasteiger partial charge on any atom is -0.484 e. The van der Waals surface area contributed by atoms with E-state index in [1.807, 2.05) is 60.7 Å². The van der Waals surface area contributed by atoms with E-state index in [-0.39, 0.29) is 18.4 Å². The van der Waals surface area contributed by atoms with Crippen LogP contribution in [0.3, 0.4) is 0 Å². The minimum atomic E-state index is -0.233. The Bertz CT molecular complexity index is 978. The van der Waals surface area contributed by atoms with Crippen LogP contribution in [0.2, 0.25) is 0 Å². The average Bonchev–Trinajstić information content (AvgIpc) is 2.78. The number of hydrogen-bond acceptors (Lipinski definition) is 5. The fraction of sp³-hybridized carbons (Fsp3) is 0.0870. The number of hydrogen-bond donors (Lipinski definition) is 2. The molecule has 0 aliphatic rings. The maximum atomic E-state index is 11.9. The SMILES string of the molecule is O=C(CSc1ccccc1)NN=Cc1ccc(OCC(=O)Nc2ccccc2)cc1. The Balaban J connectivity index is 1.38. The summed E-state index contributed by atoms with van der Waals surface area (Å²) in [6, 6.07) is 26.0. The summed E-state index contributed by atoms with van der Waals surface area (Å²) in [6.07, 6.45) is 1.55. The highest BCUT2D eigenvalue weighted by atomic mass is 32.2. The molecule has 2 amide bonds. The molecule has 7 heteroatoms. The summed E-state index contributed by atoms with van der Waals surface area (Å²) in [5.41, 5.74) is 4.03. The zero-order valence-electron chi connectivity index (χ0n) is 16.2. The molecule has 30 heavy (non-hydrogen) atoms. The van der Waals surface area contributed by atoms with Gasteiger partial charge in [-0.15, -0.1) is 11.8 Å². The largest absolute Gasteiger partial charge is 0.484 e. The van der Waals surface area contributed by atoms with Crippen LogP contribution < -0.4 is 15.5 Å². The average molecular weight is 420 g/mol. The second-order valence-corrected chi connectivity index (χ2v) is 7.22. The molecule has 0 radical (unpaired) electrons. The van der Waals surface area contributed by atoms with Crippen LogP contribution >= 0.6 is 11.8 Å². The highest BCUT2D eigenvalue weighted by Gasteiger charge is 2.04. The number of benzene rings is 3. The van der Waals surface area contributed by atoms with Crippen molar-refractivity contribution in [1.82, 2.24) is 5.43 Å². The van der Waals surface area contributed by atoms with Crippen LogP contribution in [-0.4, -0.2) is 30.4 Å². The lowest BCUT2D eigenvalue weighted by Crippen LogP contribution is -2.20. The number of nitrogens with zero attached hydrogens (tertiary/aromatic N) is 1. The lowest BCUT2D eigenvalue weighted by atomic mass is 10.2. The van der Waals surface area contributed by atoms with E-state index in [2.05, 4.69) is 15.8 Å². The molecule has 3 rings (SSSR count). The van der Waals surface area contributed by atoms with Crippen molar-refractivity contribution in [2.45, 2.75) is 4.90 Å². The Kier molecular flexibility index (Phi) is 8.05. The van der Waals surface area contributed by atoms with E-state index in [1.54, 1.807) is 30.5 Å². The number of thioether (sulfide) groups is 1. The van der Waals surface area contributed by atoms with Crippen molar-refractivity contribution >= 4 is 35.5 Å². The third-order valence-electron chi connectivity index (χ3n) is 3.82. The first-order chi connectivity index (χ1) is 14.7. The normalized spacial score (nSPS) is 10.5. The van der Waals surface area contributed by atoms with Gasteiger partial charge >= 0.3 is 0 Å². The van der Waals surface area contributed by atoms with Crippen molar-refractivity contribution in [3.8, 4) is 5.75 Å². The fourth-order valence-corrected chi connectivity index (χ4v) is 3.11. The summed E-state index contributed by atoms with van der Waals surface area (Å²) in [4.78, 5) is 24.8. The molecule has 0 atom stereocenters. The van der Waals surface area contributed by atoms with Gasteiger partial charge in [0.15, 0.2) is 6.61 Å². The number of carbonyl (C=O) groups excluding carboxylic acids is 2. The van der Waals surface area contributed by atoms with E-state index in [0.29, 0.717) is 11.5 Å². The molecular formula is C23H21N3O3S. The van der Waals surface area contributed by atoms with Gasteiger partial charge in [-0.3, -0.25) is 9.59 Å². The van der Waals surface area contributed by atoms with E-state index in [4.69, 9.17) is 4.74 Å². The van der Waals surface area contributed by atoms with Crippen LogP contribution in [0.5, 0.6) is 5.75 Å². The third kappa shape index (κ3) is 7.44. The molecule has 152 valence electrons. The monoisotopic (exact) mass is 419 g/mol. The number of anilines is 1. The van der Waals surface area contributed by atoms with Crippen molar-refractivity contribution in [3.63, 3.8) is 0 Å². The molecule has 0 heterocycles. The summed E-state index contributed by atoms with van der Waals surface area (Å²) >= 11 is 1.45. The van der Waals surface area contributed by atoms with Crippen molar-refractivity contribution in [2.24, 2.45) is 5.10 Å². The predicted octanol–water partition coefficient (Wildman–Crippen LogP) is 3.95. The van der Waals surface area contributed by atoms with Crippen LogP contribution in [0.4, 0.5) is 5.69 Å². The summed E-state index contributed by atoms with van der Waals surface area (Å²) in [5.74, 6) is 0.449. The maximum Gasteiger partial charge on any atom is 0.262 e. The smallest absolute Gasteiger partial charge is 0.262 e. The van der Waals surface area contributed by atoms with Crippen LogP contribution in [0, 0.1) is 0 Å². The molecular weight excluding hydrogens is 398 g/mol. The molecule has 0 saturated heterocycles. The minimum absolute atomic E-state index is 0.0858. The lowest BCUT2D eigenvalue weighted by Gasteiger charge is -2.07. The van der Waals surface area contributed by atoms with Gasteiger partial charge in [0.2, 0.25) is 5.91 Å². The van der Waals surface area contributed by atoms with E-state index in [1.165, 1.54) is 11.8 Å². The number of amides is 2. The summed E-state index contributed by atoms with van der Waals surface area (Å²) in [6.45, 7) is -0.0858. The van der Waals surface area contributed by atoms with Crippen LogP contribution in [0.25, 0.3) is 0 Å². The third-order valence-corrected chi connectivity index (χ3v) is 4.84. The molecule has 0 aromatic heterocycles. The molecule has 0 aliphatic carbocycles. The first kappa shape index (κ1) is 21.1. The second kappa shape index (κ2) is 11.4. The van der Waals surface area contributed by atoms with Gasteiger partial charge in [0.25, 0.3) is 5.91 Å². The van der Waals surface area contributed by atoms with Crippen LogP contribution in [0.15, 0.2) is 94.9 Å². The zero-order valence-corrected chi connectivity index (χ0v) is 17.0. The van der Waals surface area contributed by atoms with Gasteiger partial charge in [0.1, 0.15) is 5.75 Å². The predicted molar refractivity (Wildman–Crippen MR) is 120 cm³/mol. The number of carbonyl (C=O) groups is 2. The number of hydrazone groups is 1. The van der Waals surface area contributed by atoms with E-state index >= 15 is 0 Å². The summed E-state index contributed by atoms with van der Waals surface area (Å²) < 4.78 is 5.48. The zero-order chi connectivity index (χ0) is 21.0. The van der Waals surface area contributed by atoms with Gasteiger partial charge < -0.3 is 10.1 Å². The van der Waals surface area contributed by atoms with Gasteiger partial charge in [-0.25, -0.2) is 5.43 Å². The Labute approximate surface area is 179 Å². The van der Waals surface area contributed by atoms with Crippen molar-refractivity contribution in [1.29, 1.82) is 0 Å². The Morgan fingerprint density at radius 1 is 0.867 bits per heavy atom. The first-order valence-corrected chi connectivity index (χ1v) is 10.2. The lowest BCUT2D eigenvalue weighted by molar-refractivity contribution is -0.119. The second-order valence-electron chi connectivity index (χ2n) is 6.17. The van der Waals surface area contributed by atoms with Crippen molar-refractivity contribution in [2.75, 3.05) is 17.7 Å². The molecule has 0 unspecified atom stereocenters.